The maximum Gasteiger partial charge on any atom is 0.0873 e. The van der Waals surface area contributed by atoms with Gasteiger partial charge in [-0.05, 0) is 67.6 Å². The van der Waals surface area contributed by atoms with Gasteiger partial charge in [-0.15, -0.1) is 0 Å². The summed E-state index contributed by atoms with van der Waals surface area (Å²) in [6.45, 7) is 0.846. The summed E-state index contributed by atoms with van der Waals surface area (Å²) in [5, 5.41) is 0. The largest absolute Gasteiger partial charge is 0.501 e. The van der Waals surface area contributed by atoms with Gasteiger partial charge in [0.25, 0.3) is 0 Å². The highest BCUT2D eigenvalue weighted by molar-refractivity contribution is 5.21. The first kappa shape index (κ1) is 16.8. The van der Waals surface area contributed by atoms with Crippen molar-refractivity contribution in [3.63, 3.8) is 0 Å². The van der Waals surface area contributed by atoms with E-state index in [1.807, 2.05) is 6.26 Å². The van der Waals surface area contributed by atoms with E-state index in [0.717, 1.165) is 25.4 Å². The molecule has 0 saturated heterocycles. The van der Waals surface area contributed by atoms with Crippen molar-refractivity contribution >= 4 is 0 Å². The molecular formula is C23H28O. The van der Waals surface area contributed by atoms with E-state index in [0.29, 0.717) is 0 Å². The molecule has 0 aromatic heterocycles. The molecule has 24 heavy (non-hydrogen) atoms. The van der Waals surface area contributed by atoms with Gasteiger partial charge in [0.1, 0.15) is 0 Å². The SMILES string of the molecule is C(OCCCCc1ccccc1)=C1CCC(c2ccccc2)CC1. The maximum atomic E-state index is 5.79. The minimum Gasteiger partial charge on any atom is -0.501 e. The molecule has 3 rings (SSSR count). The third-order valence-electron chi connectivity index (χ3n) is 4.97. The predicted molar refractivity (Wildman–Crippen MR) is 101 cm³/mol. The molecule has 1 aliphatic rings. The van der Waals surface area contributed by atoms with Crippen molar-refractivity contribution in [1.82, 2.24) is 0 Å². The Hall–Kier alpha value is -2.02. The van der Waals surface area contributed by atoms with Crippen LogP contribution in [0.4, 0.5) is 0 Å². The van der Waals surface area contributed by atoms with Gasteiger partial charge < -0.3 is 4.74 Å². The Morgan fingerprint density at radius 1 is 0.833 bits per heavy atom. The summed E-state index contributed by atoms with van der Waals surface area (Å²) >= 11 is 0. The number of benzene rings is 2. The average molecular weight is 320 g/mol. The summed E-state index contributed by atoms with van der Waals surface area (Å²) in [5.74, 6) is 0.731. The molecule has 1 fully saturated rings. The number of hydrogen-bond acceptors (Lipinski definition) is 1. The highest BCUT2D eigenvalue weighted by Gasteiger charge is 2.18. The van der Waals surface area contributed by atoms with Crippen LogP contribution in [0.3, 0.4) is 0 Å². The van der Waals surface area contributed by atoms with Crippen LogP contribution in [-0.4, -0.2) is 6.61 Å². The van der Waals surface area contributed by atoms with Gasteiger partial charge in [-0.3, -0.25) is 0 Å². The second kappa shape index (κ2) is 9.32. The monoisotopic (exact) mass is 320 g/mol. The zero-order valence-corrected chi connectivity index (χ0v) is 14.5. The van der Waals surface area contributed by atoms with Gasteiger partial charge in [0.05, 0.1) is 12.9 Å². The fourth-order valence-corrected chi connectivity index (χ4v) is 3.50. The van der Waals surface area contributed by atoms with Crippen molar-refractivity contribution in [2.75, 3.05) is 6.61 Å². The molecule has 126 valence electrons. The van der Waals surface area contributed by atoms with Gasteiger partial charge in [-0.1, -0.05) is 60.7 Å². The van der Waals surface area contributed by atoms with E-state index in [9.17, 15) is 0 Å². The predicted octanol–water partition coefficient (Wildman–Crippen LogP) is 6.27. The van der Waals surface area contributed by atoms with Gasteiger partial charge in [0.2, 0.25) is 0 Å². The lowest BCUT2D eigenvalue weighted by atomic mass is 9.82. The zero-order valence-electron chi connectivity index (χ0n) is 14.5. The first-order chi connectivity index (χ1) is 11.9. The molecule has 0 aliphatic heterocycles. The molecule has 0 bridgehead atoms. The number of allylic oxidation sites excluding steroid dienone is 1. The fraction of sp³-hybridized carbons (Fsp3) is 0.391. The number of rotatable bonds is 7. The van der Waals surface area contributed by atoms with Crippen LogP contribution >= 0.6 is 0 Å². The molecule has 1 aliphatic carbocycles. The molecule has 0 N–H and O–H groups in total. The highest BCUT2D eigenvalue weighted by atomic mass is 16.5. The molecule has 2 aromatic rings. The Morgan fingerprint density at radius 2 is 1.50 bits per heavy atom. The van der Waals surface area contributed by atoms with Gasteiger partial charge >= 0.3 is 0 Å². The van der Waals surface area contributed by atoms with E-state index in [2.05, 4.69) is 60.7 Å². The smallest absolute Gasteiger partial charge is 0.0873 e. The van der Waals surface area contributed by atoms with Crippen LogP contribution in [0.5, 0.6) is 0 Å². The van der Waals surface area contributed by atoms with E-state index in [1.54, 1.807) is 0 Å². The molecule has 0 spiro atoms. The molecule has 0 unspecified atom stereocenters. The van der Waals surface area contributed by atoms with E-state index in [-0.39, 0.29) is 0 Å². The van der Waals surface area contributed by atoms with Crippen LogP contribution in [0.1, 0.15) is 55.6 Å². The van der Waals surface area contributed by atoms with Gasteiger partial charge in [0, 0.05) is 0 Å². The number of aryl methyl sites for hydroxylation is 1. The molecule has 2 aromatic carbocycles. The van der Waals surface area contributed by atoms with Crippen LogP contribution in [0.25, 0.3) is 0 Å². The van der Waals surface area contributed by atoms with Crippen LogP contribution in [0, 0.1) is 0 Å². The van der Waals surface area contributed by atoms with Crippen molar-refractivity contribution in [3.05, 3.63) is 83.6 Å². The summed E-state index contributed by atoms with van der Waals surface area (Å²) in [7, 11) is 0. The minimum absolute atomic E-state index is 0.731. The van der Waals surface area contributed by atoms with Crippen molar-refractivity contribution in [1.29, 1.82) is 0 Å². The third-order valence-corrected chi connectivity index (χ3v) is 4.97. The lowest BCUT2D eigenvalue weighted by molar-refractivity contribution is 0.236. The Kier molecular flexibility index (Phi) is 6.53. The lowest BCUT2D eigenvalue weighted by Crippen LogP contribution is -2.07. The Morgan fingerprint density at radius 3 is 2.21 bits per heavy atom. The molecule has 0 amide bonds. The fourth-order valence-electron chi connectivity index (χ4n) is 3.50. The Labute approximate surface area is 146 Å². The standard InChI is InChI=1S/C23H28O/c1-3-9-20(10-4-1)11-7-8-18-24-19-21-14-16-23(17-15-21)22-12-5-2-6-13-22/h1-6,9-10,12-13,19,23H,7-8,11,14-18H2. The normalized spacial score (nSPS) is 17.5. The molecule has 0 radical (unpaired) electrons. The first-order valence-corrected chi connectivity index (χ1v) is 9.30. The van der Waals surface area contributed by atoms with Crippen LogP contribution < -0.4 is 0 Å². The summed E-state index contributed by atoms with van der Waals surface area (Å²) in [6, 6.07) is 21.6. The topological polar surface area (TPSA) is 9.23 Å². The molecule has 0 heterocycles. The van der Waals surface area contributed by atoms with Crippen molar-refractivity contribution in [3.8, 4) is 0 Å². The second-order valence-corrected chi connectivity index (χ2v) is 6.77. The number of hydrogen-bond donors (Lipinski definition) is 0. The van der Waals surface area contributed by atoms with Crippen molar-refractivity contribution < 1.29 is 4.74 Å². The van der Waals surface area contributed by atoms with Crippen molar-refractivity contribution in [2.45, 2.75) is 50.9 Å². The quantitative estimate of drug-likeness (QED) is 0.431. The molecule has 0 atom stereocenters. The van der Waals surface area contributed by atoms with Crippen LogP contribution in [-0.2, 0) is 11.2 Å². The number of unbranched alkanes of at least 4 members (excludes halogenated alkanes) is 1. The average Bonchev–Trinajstić information content (AvgIpc) is 2.67. The van der Waals surface area contributed by atoms with Crippen molar-refractivity contribution in [2.24, 2.45) is 0 Å². The van der Waals surface area contributed by atoms with E-state index < -0.39 is 0 Å². The summed E-state index contributed by atoms with van der Waals surface area (Å²) in [5.41, 5.74) is 4.42. The van der Waals surface area contributed by atoms with Crippen LogP contribution in [0.15, 0.2) is 72.5 Å². The second-order valence-electron chi connectivity index (χ2n) is 6.77. The lowest BCUT2D eigenvalue weighted by Gasteiger charge is -2.24. The Balaban J connectivity index is 1.31. The zero-order chi connectivity index (χ0) is 16.5. The maximum absolute atomic E-state index is 5.79. The van der Waals surface area contributed by atoms with Gasteiger partial charge in [0.15, 0.2) is 0 Å². The molecule has 1 heteroatoms. The van der Waals surface area contributed by atoms with Gasteiger partial charge in [-0.25, -0.2) is 0 Å². The van der Waals surface area contributed by atoms with Crippen LogP contribution in [0.2, 0.25) is 0 Å². The highest BCUT2D eigenvalue weighted by Crippen LogP contribution is 2.35. The Bertz CT molecular complexity index is 605. The van der Waals surface area contributed by atoms with Gasteiger partial charge in [-0.2, -0.15) is 0 Å². The summed E-state index contributed by atoms with van der Waals surface area (Å²) in [4.78, 5) is 0. The third kappa shape index (κ3) is 5.26. The minimum atomic E-state index is 0.731. The molecule has 1 saturated carbocycles. The summed E-state index contributed by atoms with van der Waals surface area (Å²) in [6.07, 6.45) is 10.4. The van der Waals surface area contributed by atoms with E-state index in [4.69, 9.17) is 4.74 Å². The molecular weight excluding hydrogens is 292 g/mol. The van der Waals surface area contributed by atoms with E-state index in [1.165, 1.54) is 48.8 Å². The molecule has 1 nitrogen and oxygen atoms in total. The first-order valence-electron chi connectivity index (χ1n) is 9.30. The number of ether oxygens (including phenoxy) is 1. The summed E-state index contributed by atoms with van der Waals surface area (Å²) < 4.78 is 5.79. The van der Waals surface area contributed by atoms with E-state index >= 15 is 0 Å².